The maximum atomic E-state index is 6.70. The summed E-state index contributed by atoms with van der Waals surface area (Å²) < 4.78 is 20.1. The molecular formula is C28H52O3Si3. The van der Waals surface area contributed by atoms with E-state index >= 15 is 0 Å². The highest BCUT2D eigenvalue weighted by molar-refractivity contribution is 6.59. The van der Waals surface area contributed by atoms with Crippen molar-refractivity contribution in [3.63, 3.8) is 0 Å². The molecule has 0 heterocycles. The maximum absolute atomic E-state index is 6.70. The van der Waals surface area contributed by atoms with E-state index in [1.54, 1.807) is 0 Å². The van der Waals surface area contributed by atoms with Gasteiger partial charge in [0.1, 0.15) is 0 Å². The second-order valence-corrected chi connectivity index (χ2v) is 18.1. The Bertz CT molecular complexity index is 503. The summed E-state index contributed by atoms with van der Waals surface area (Å²) in [6.45, 7) is 12.0. The summed E-state index contributed by atoms with van der Waals surface area (Å²) in [5, 5.41) is 0. The molecule has 0 spiro atoms. The average Bonchev–Trinajstić information content (AvgIpc) is 2.89. The van der Waals surface area contributed by atoms with Crippen LogP contribution in [0.25, 0.3) is 0 Å². The Morgan fingerprint density at radius 3 is 1.00 bits per heavy atom. The summed E-state index contributed by atoms with van der Waals surface area (Å²) in [4.78, 5) is 0. The zero-order valence-corrected chi connectivity index (χ0v) is 25.3. The molecule has 0 aromatic heterocycles. The standard InChI is InChI=1S/C28H52O3Si3/c1-4-32(22-25-16-10-7-11-17-25)29-28(30-33(5-2)23-26-18-12-8-13-19-26)31-34(6-3)24-27-20-14-9-15-21-27/h4-6,25-28,32-34H,1-3,7-24H2. The van der Waals surface area contributed by atoms with Gasteiger partial charge >= 0.3 is 0 Å². The fourth-order valence-corrected chi connectivity index (χ4v) is 12.7. The van der Waals surface area contributed by atoms with Crippen LogP contribution in [0, 0.1) is 17.8 Å². The van der Waals surface area contributed by atoms with Gasteiger partial charge in [-0.3, -0.25) is 0 Å². The van der Waals surface area contributed by atoms with E-state index in [-0.39, 0.29) is 0 Å². The van der Waals surface area contributed by atoms with Gasteiger partial charge in [-0.15, -0.1) is 19.7 Å². The number of hydrogen-bond donors (Lipinski definition) is 0. The van der Waals surface area contributed by atoms with Gasteiger partial charge in [0.15, 0.2) is 0 Å². The monoisotopic (exact) mass is 520 g/mol. The van der Waals surface area contributed by atoms with Crippen molar-refractivity contribution >= 4 is 27.1 Å². The molecule has 0 aliphatic heterocycles. The minimum absolute atomic E-state index is 0.519. The fraction of sp³-hybridized carbons (Fsp3) is 0.786. The highest BCUT2D eigenvalue weighted by Crippen LogP contribution is 2.32. The molecule has 0 N–H and O–H groups in total. The lowest BCUT2D eigenvalue weighted by atomic mass is 9.91. The van der Waals surface area contributed by atoms with Gasteiger partial charge in [0, 0.05) is 0 Å². The molecule has 0 amide bonds. The van der Waals surface area contributed by atoms with Crippen LogP contribution in [0.4, 0.5) is 0 Å². The topological polar surface area (TPSA) is 27.7 Å². The van der Waals surface area contributed by atoms with Crippen LogP contribution in [0.3, 0.4) is 0 Å². The summed E-state index contributed by atoms with van der Waals surface area (Å²) in [6, 6.07) is 3.54. The molecule has 194 valence electrons. The van der Waals surface area contributed by atoms with Crippen LogP contribution in [0.1, 0.15) is 96.3 Å². The van der Waals surface area contributed by atoms with Crippen LogP contribution in [0.15, 0.2) is 36.8 Å². The van der Waals surface area contributed by atoms with Crippen LogP contribution < -0.4 is 0 Å². The summed E-state index contributed by atoms with van der Waals surface area (Å²) >= 11 is 0. The quantitative estimate of drug-likeness (QED) is 0.166. The van der Waals surface area contributed by atoms with Crippen LogP contribution in [-0.4, -0.2) is 33.6 Å². The van der Waals surface area contributed by atoms with Crippen LogP contribution in [0.2, 0.25) is 18.1 Å². The normalized spacial score (nSPS) is 24.7. The molecule has 3 fully saturated rings. The van der Waals surface area contributed by atoms with Crippen molar-refractivity contribution in [2.24, 2.45) is 17.8 Å². The molecule has 6 heteroatoms. The van der Waals surface area contributed by atoms with E-state index in [9.17, 15) is 0 Å². The van der Waals surface area contributed by atoms with Gasteiger partial charge < -0.3 is 13.3 Å². The lowest BCUT2D eigenvalue weighted by Gasteiger charge is -2.33. The van der Waals surface area contributed by atoms with Crippen molar-refractivity contribution in [3.05, 3.63) is 36.8 Å². The molecule has 3 unspecified atom stereocenters. The third-order valence-corrected chi connectivity index (χ3v) is 15.2. The summed E-state index contributed by atoms with van der Waals surface area (Å²) in [5.74, 6) is 2.40. The van der Waals surface area contributed by atoms with Crippen molar-refractivity contribution in [1.82, 2.24) is 0 Å². The molecule has 3 nitrogen and oxygen atoms in total. The Hall–Kier alpha value is -0.249. The van der Waals surface area contributed by atoms with Crippen molar-refractivity contribution < 1.29 is 13.3 Å². The molecule has 0 aromatic rings. The van der Waals surface area contributed by atoms with E-state index in [0.717, 1.165) is 17.8 Å². The molecule has 3 saturated carbocycles. The van der Waals surface area contributed by atoms with E-state index in [1.165, 1.54) is 114 Å². The summed E-state index contributed by atoms with van der Waals surface area (Å²) in [7, 11) is -4.75. The molecule has 0 aromatic carbocycles. The first-order valence-corrected chi connectivity index (χ1v) is 20.4. The SMILES string of the molecule is C=C[SiH](CC1CCCCC1)OC(O[SiH](C=C)CC1CCCCC1)O[SiH](C=C)CC1CCCCC1. The van der Waals surface area contributed by atoms with Crippen molar-refractivity contribution in [2.45, 2.75) is 121 Å². The van der Waals surface area contributed by atoms with Gasteiger partial charge in [-0.1, -0.05) is 113 Å². The molecule has 3 aliphatic carbocycles. The zero-order valence-electron chi connectivity index (χ0n) is 21.8. The predicted molar refractivity (Wildman–Crippen MR) is 153 cm³/mol. The van der Waals surface area contributed by atoms with Gasteiger partial charge in [0.05, 0.1) is 0 Å². The summed E-state index contributed by atoms with van der Waals surface area (Å²) in [5.41, 5.74) is 6.35. The first kappa shape index (κ1) is 28.3. The van der Waals surface area contributed by atoms with E-state index in [4.69, 9.17) is 13.3 Å². The Balaban J connectivity index is 1.61. The van der Waals surface area contributed by atoms with Crippen molar-refractivity contribution in [2.75, 3.05) is 0 Å². The fourth-order valence-electron chi connectivity index (χ4n) is 6.40. The van der Waals surface area contributed by atoms with E-state index in [2.05, 4.69) is 36.8 Å². The van der Waals surface area contributed by atoms with Gasteiger partial charge in [0.2, 0.25) is 33.6 Å². The minimum Gasteiger partial charge on any atom is -0.372 e. The minimum atomic E-state index is -1.58. The Kier molecular flexibility index (Phi) is 13.7. The van der Waals surface area contributed by atoms with E-state index < -0.39 is 33.6 Å². The highest BCUT2D eigenvalue weighted by atomic mass is 28.3. The predicted octanol–water partition coefficient (Wildman–Crippen LogP) is 7.41. The molecule has 0 bridgehead atoms. The molecule has 0 saturated heterocycles. The molecule has 34 heavy (non-hydrogen) atoms. The smallest absolute Gasteiger partial charge is 0.243 e. The van der Waals surface area contributed by atoms with E-state index in [1.807, 2.05) is 0 Å². The third-order valence-electron chi connectivity index (χ3n) is 8.52. The lowest BCUT2D eigenvalue weighted by Crippen LogP contribution is -2.39. The molecule has 0 radical (unpaired) electrons. The second kappa shape index (κ2) is 16.5. The Morgan fingerprint density at radius 1 is 0.500 bits per heavy atom. The van der Waals surface area contributed by atoms with Crippen LogP contribution >= 0.6 is 0 Å². The first-order chi connectivity index (χ1) is 16.7. The highest BCUT2D eigenvalue weighted by Gasteiger charge is 2.29. The second-order valence-electron chi connectivity index (χ2n) is 11.2. The lowest BCUT2D eigenvalue weighted by molar-refractivity contribution is -0.148. The number of rotatable bonds is 15. The molecular weight excluding hydrogens is 469 g/mol. The van der Waals surface area contributed by atoms with Crippen molar-refractivity contribution in [1.29, 1.82) is 0 Å². The molecule has 3 aliphatic rings. The Labute approximate surface area is 215 Å². The first-order valence-electron chi connectivity index (χ1n) is 14.5. The van der Waals surface area contributed by atoms with Gasteiger partial charge in [0.25, 0.3) is 0 Å². The average molecular weight is 521 g/mol. The molecule has 3 rings (SSSR count). The third kappa shape index (κ3) is 10.4. The maximum Gasteiger partial charge on any atom is 0.243 e. The number of hydrogen-bond acceptors (Lipinski definition) is 3. The summed E-state index contributed by atoms with van der Waals surface area (Å²) in [6.07, 6.45) is 20.5. The van der Waals surface area contributed by atoms with Crippen LogP contribution in [0.5, 0.6) is 0 Å². The van der Waals surface area contributed by atoms with Gasteiger partial charge in [-0.25, -0.2) is 0 Å². The zero-order chi connectivity index (χ0) is 24.0. The largest absolute Gasteiger partial charge is 0.372 e. The molecule has 3 atom stereocenters. The van der Waals surface area contributed by atoms with Crippen molar-refractivity contribution in [3.8, 4) is 0 Å². The Morgan fingerprint density at radius 2 is 0.765 bits per heavy atom. The van der Waals surface area contributed by atoms with Gasteiger partial charge in [-0.05, 0) is 35.9 Å². The van der Waals surface area contributed by atoms with Crippen LogP contribution in [-0.2, 0) is 13.3 Å². The van der Waals surface area contributed by atoms with E-state index in [0.29, 0.717) is 0 Å². The van der Waals surface area contributed by atoms with Gasteiger partial charge in [-0.2, -0.15) is 0 Å².